The molecule has 318 valence electrons. The van der Waals surface area contributed by atoms with Gasteiger partial charge in [-0.15, -0.1) is 0 Å². The van der Waals surface area contributed by atoms with Gasteiger partial charge in [0.25, 0.3) is 5.91 Å². The summed E-state index contributed by atoms with van der Waals surface area (Å²) in [5.74, 6) is -5.64. The van der Waals surface area contributed by atoms with Crippen molar-refractivity contribution < 1.29 is 54.6 Å². The van der Waals surface area contributed by atoms with Gasteiger partial charge < -0.3 is 25.0 Å². The lowest BCUT2D eigenvalue weighted by Crippen LogP contribution is -2.61. The van der Waals surface area contributed by atoms with Gasteiger partial charge in [-0.2, -0.15) is 13.2 Å². The molecule has 2 aliphatic carbocycles. The Morgan fingerprint density at radius 1 is 1.12 bits per heavy atom. The smallest absolute Gasteiger partial charge is 0.402 e. The van der Waals surface area contributed by atoms with Crippen LogP contribution in [-0.2, 0) is 29.2 Å². The molecule has 1 aromatic heterocycles. The van der Waals surface area contributed by atoms with Crippen LogP contribution in [0.5, 0.6) is 11.6 Å². The fourth-order valence-corrected chi connectivity index (χ4v) is 9.16. The number of ether oxygens (including phenoxy) is 2. The number of pyridine rings is 1. The van der Waals surface area contributed by atoms with Gasteiger partial charge in [-0.3, -0.25) is 23.9 Å². The fourth-order valence-electron chi connectivity index (χ4n) is 7.84. The van der Waals surface area contributed by atoms with Crippen molar-refractivity contribution in [1.29, 1.82) is 0 Å². The number of nitrogens with one attached hydrogen (secondary N) is 3. The van der Waals surface area contributed by atoms with Crippen molar-refractivity contribution in [3.05, 3.63) is 42.4 Å². The highest BCUT2D eigenvalue weighted by molar-refractivity contribution is 7.91. The van der Waals surface area contributed by atoms with Crippen LogP contribution >= 0.6 is 0 Å². The Hall–Kier alpha value is -4.48. The molecule has 2 aliphatic heterocycles. The third-order valence-corrected chi connectivity index (χ3v) is 14.6. The van der Waals surface area contributed by atoms with Crippen LogP contribution in [0, 0.1) is 29.0 Å². The molecule has 18 heteroatoms. The molecule has 7 atom stereocenters. The number of rotatable bonds is 9. The molecular weight excluding hydrogens is 787 g/mol. The molecule has 4 amide bonds. The Balaban J connectivity index is 1.40. The number of amides is 4. The summed E-state index contributed by atoms with van der Waals surface area (Å²) in [7, 11) is -2.69. The number of hydrogen-bond acceptors (Lipinski definition) is 9. The van der Waals surface area contributed by atoms with E-state index < -0.39 is 91.4 Å². The molecule has 3 fully saturated rings. The summed E-state index contributed by atoms with van der Waals surface area (Å²) in [5.41, 5.74) is -4.56. The minimum absolute atomic E-state index is 0.0463. The van der Waals surface area contributed by atoms with Crippen LogP contribution in [0.2, 0.25) is 0 Å². The summed E-state index contributed by atoms with van der Waals surface area (Å²) in [6, 6.07) is 0.991. The molecule has 0 bridgehead atoms. The summed E-state index contributed by atoms with van der Waals surface area (Å²) in [5, 5.41) is 5.87. The third kappa shape index (κ3) is 8.21. The van der Waals surface area contributed by atoms with Crippen LogP contribution in [0.1, 0.15) is 86.0 Å². The number of benzene rings is 1. The second-order valence-corrected chi connectivity index (χ2v) is 19.2. The Kier molecular flexibility index (Phi) is 11.6. The Bertz CT molecular complexity index is 2110. The molecule has 3 heterocycles. The molecule has 2 aromatic rings. The van der Waals surface area contributed by atoms with Crippen molar-refractivity contribution in [2.45, 2.75) is 121 Å². The number of alkyl halides is 3. The molecule has 0 radical (unpaired) electrons. The van der Waals surface area contributed by atoms with Gasteiger partial charge in [-0.25, -0.2) is 17.8 Å². The van der Waals surface area contributed by atoms with Crippen molar-refractivity contribution in [3.63, 3.8) is 0 Å². The van der Waals surface area contributed by atoms with Crippen molar-refractivity contribution in [2.75, 3.05) is 13.7 Å². The van der Waals surface area contributed by atoms with E-state index in [9.17, 15) is 45.2 Å². The summed E-state index contributed by atoms with van der Waals surface area (Å²) in [6.07, 6.45) is 1.35. The summed E-state index contributed by atoms with van der Waals surface area (Å²) < 4.78 is 96.0. The number of carbonyl (C=O) groups excluding carboxylic acids is 4. The lowest BCUT2D eigenvalue weighted by molar-refractivity contribution is -0.212. The Morgan fingerprint density at radius 3 is 2.47 bits per heavy atom. The molecular formula is C40H51F4N5O8S. The molecule has 2 saturated carbocycles. The highest BCUT2D eigenvalue weighted by Gasteiger charge is 2.63. The van der Waals surface area contributed by atoms with Crippen LogP contribution in [0.25, 0.3) is 10.8 Å². The summed E-state index contributed by atoms with van der Waals surface area (Å²) >= 11 is 0. The summed E-state index contributed by atoms with van der Waals surface area (Å²) in [6.45, 7) is 6.35. The molecule has 3 N–H and O–H groups in total. The van der Waals surface area contributed by atoms with E-state index in [1.165, 1.54) is 38.4 Å². The minimum Gasteiger partial charge on any atom is -0.494 e. The quantitative estimate of drug-likeness (QED) is 0.230. The van der Waals surface area contributed by atoms with E-state index in [0.717, 1.165) is 18.7 Å². The van der Waals surface area contributed by atoms with Gasteiger partial charge in [0, 0.05) is 17.7 Å². The zero-order chi connectivity index (χ0) is 42.6. The van der Waals surface area contributed by atoms with Crippen molar-refractivity contribution in [1.82, 2.24) is 25.2 Å². The zero-order valence-electron chi connectivity index (χ0n) is 33.4. The van der Waals surface area contributed by atoms with E-state index in [2.05, 4.69) is 20.3 Å². The largest absolute Gasteiger partial charge is 0.494 e. The molecule has 4 aliphatic rings. The van der Waals surface area contributed by atoms with E-state index in [-0.39, 0.29) is 36.6 Å². The Labute approximate surface area is 335 Å². The maximum atomic E-state index is 14.9. The van der Waals surface area contributed by atoms with E-state index in [1.807, 2.05) is 13.0 Å². The number of fused-ring (bicyclic) bond motifs is 3. The van der Waals surface area contributed by atoms with Gasteiger partial charge in [0.1, 0.15) is 40.7 Å². The van der Waals surface area contributed by atoms with Crippen LogP contribution in [0.15, 0.2) is 36.5 Å². The van der Waals surface area contributed by atoms with Crippen molar-refractivity contribution >= 4 is 44.4 Å². The first kappa shape index (κ1) is 43.1. The summed E-state index contributed by atoms with van der Waals surface area (Å²) in [4.78, 5) is 62.2. The highest BCUT2D eigenvalue weighted by atomic mass is 32.2. The maximum Gasteiger partial charge on any atom is 0.402 e. The van der Waals surface area contributed by atoms with E-state index in [1.54, 1.807) is 13.0 Å². The lowest BCUT2D eigenvalue weighted by atomic mass is 9.83. The zero-order valence-corrected chi connectivity index (χ0v) is 34.2. The first-order valence-electron chi connectivity index (χ1n) is 19.6. The second-order valence-electron chi connectivity index (χ2n) is 17.0. The van der Waals surface area contributed by atoms with Crippen LogP contribution in [-0.4, -0.2) is 90.2 Å². The average Bonchev–Trinajstić information content (AvgIpc) is 4.03. The number of sulfonamides is 1. The van der Waals surface area contributed by atoms with Crippen molar-refractivity contribution in [3.8, 4) is 11.6 Å². The molecule has 6 rings (SSSR count). The van der Waals surface area contributed by atoms with Crippen LogP contribution in [0.3, 0.4) is 0 Å². The second kappa shape index (κ2) is 15.6. The fraction of sp³-hybridized carbons (Fsp3) is 0.625. The van der Waals surface area contributed by atoms with E-state index >= 15 is 0 Å². The number of carbonyl (C=O) groups is 4. The van der Waals surface area contributed by atoms with E-state index in [0.29, 0.717) is 49.7 Å². The van der Waals surface area contributed by atoms with Crippen molar-refractivity contribution in [2.24, 2.45) is 23.2 Å². The number of nitrogens with zero attached hydrogens (tertiary/aromatic N) is 2. The monoisotopic (exact) mass is 837 g/mol. The van der Waals surface area contributed by atoms with Crippen LogP contribution in [0.4, 0.5) is 17.6 Å². The maximum absolute atomic E-state index is 14.9. The molecule has 0 unspecified atom stereocenters. The van der Waals surface area contributed by atoms with Gasteiger partial charge in [0.15, 0.2) is 0 Å². The van der Waals surface area contributed by atoms with Gasteiger partial charge >= 0.3 is 6.18 Å². The lowest BCUT2D eigenvalue weighted by Gasteiger charge is -2.36. The highest BCUT2D eigenvalue weighted by Crippen LogP contribution is 2.48. The van der Waals surface area contributed by atoms with Crippen LogP contribution < -0.4 is 24.8 Å². The molecule has 1 saturated heterocycles. The average molecular weight is 838 g/mol. The minimum atomic E-state index is -4.95. The number of aromatic nitrogens is 1. The molecule has 0 spiro atoms. The number of allylic oxidation sites excluding steroid dienone is 1. The molecule has 1 aromatic carbocycles. The first-order chi connectivity index (χ1) is 27.1. The van der Waals surface area contributed by atoms with Gasteiger partial charge in [-0.05, 0) is 89.3 Å². The first-order valence-corrected chi connectivity index (χ1v) is 21.1. The SMILES string of the molecule is CC[C@@H]1C[C@H](C)CCC=C[C@@H]2C[C@@]2(C(=O)NS(=O)(=O)C2(C)CC2)NC(=O)[C@@H]2C[C@@H](Oc3ncc(OC)c4ccc(F)cc34)CN2C(=O)[C@H]1NC(=O)C(C)(C)C(F)(F)F. The number of hydrogen-bond donors (Lipinski definition) is 3. The molecule has 58 heavy (non-hydrogen) atoms. The predicted molar refractivity (Wildman–Crippen MR) is 204 cm³/mol. The number of halogens is 4. The van der Waals surface area contributed by atoms with Gasteiger partial charge in [0.05, 0.1) is 30.0 Å². The van der Waals surface area contributed by atoms with Gasteiger partial charge in [-0.1, -0.05) is 32.4 Å². The molecule has 13 nitrogen and oxygen atoms in total. The predicted octanol–water partition coefficient (Wildman–Crippen LogP) is 5.08. The standard InChI is InChI=1S/C40H51F4N5O8S/c1-7-23-16-22(2)10-8-9-11-24-19-39(24,36(53)48-58(54,55)38(5)14-15-38)47-32(50)29-18-26(57-33-28-17-25(41)12-13-27(28)30(56-6)20-45-33)21-49(29)34(51)31(23)46-35(52)37(3,4)40(42,43)44/h9,11-13,17,20,22-24,26,29,31H,7-8,10,14-16,18-19,21H2,1-6H3,(H,46,52)(H,47,50)(H,48,53)/t22-,23-,24-,26-,29+,31+,39-/m1/s1. The van der Waals surface area contributed by atoms with E-state index in [4.69, 9.17) is 9.47 Å². The Morgan fingerprint density at radius 2 is 1.83 bits per heavy atom. The number of methoxy groups -OCH3 is 1. The normalized spacial score (nSPS) is 29.0. The van der Waals surface area contributed by atoms with Gasteiger partial charge in [0.2, 0.25) is 33.6 Å². The third-order valence-electron chi connectivity index (χ3n) is 12.4. The topological polar surface area (TPSA) is 173 Å².